The summed E-state index contributed by atoms with van der Waals surface area (Å²) in [6, 6.07) is 0. The molecule has 2 aliphatic heterocycles. The van der Waals surface area contributed by atoms with E-state index in [0.717, 1.165) is 5.57 Å². The Balaban J connectivity index is 1.28. The lowest BCUT2D eigenvalue weighted by molar-refractivity contribution is -0.342. The Morgan fingerprint density at radius 3 is 2.41 bits per heavy atom. The van der Waals surface area contributed by atoms with E-state index in [-0.39, 0.29) is 38.2 Å². The van der Waals surface area contributed by atoms with E-state index in [1.54, 1.807) is 0 Å². The third-order valence-electron chi connectivity index (χ3n) is 12.2. The highest BCUT2D eigenvalue weighted by molar-refractivity contribution is 5.85. The van der Waals surface area contributed by atoms with Crippen LogP contribution < -0.4 is 0 Å². The third-order valence-corrected chi connectivity index (χ3v) is 12.2. The van der Waals surface area contributed by atoms with Crippen LogP contribution in [0, 0.1) is 28.6 Å². The summed E-state index contributed by atoms with van der Waals surface area (Å²) in [5.74, 6) is -1.93. The van der Waals surface area contributed by atoms with Crippen LogP contribution in [0.25, 0.3) is 0 Å². The van der Waals surface area contributed by atoms with Crippen molar-refractivity contribution in [3.8, 4) is 0 Å². The monoisotopic (exact) mass is 584 g/mol. The molecule has 5 fully saturated rings. The van der Waals surface area contributed by atoms with Gasteiger partial charge in [-0.3, -0.25) is 0 Å². The van der Waals surface area contributed by atoms with E-state index in [0.29, 0.717) is 19.3 Å². The number of esters is 1. The molecule has 4 saturated carbocycles. The first kappa shape index (κ1) is 29.9. The Labute approximate surface area is 238 Å². The van der Waals surface area contributed by atoms with Crippen molar-refractivity contribution in [2.75, 3.05) is 13.2 Å². The largest absolute Gasteiger partial charge is 0.458 e. The fourth-order valence-electron chi connectivity index (χ4n) is 10.1. The molecule has 12 nitrogen and oxygen atoms in total. The molecule has 0 aromatic rings. The highest BCUT2D eigenvalue weighted by Gasteiger charge is 2.75. The highest BCUT2D eigenvalue weighted by Crippen LogP contribution is 2.70. The van der Waals surface area contributed by atoms with Gasteiger partial charge in [-0.2, -0.15) is 0 Å². The average Bonchev–Trinajstić information content (AvgIpc) is 3.45. The molecule has 232 valence electrons. The summed E-state index contributed by atoms with van der Waals surface area (Å²) < 4.78 is 16.7. The Kier molecular flexibility index (Phi) is 7.22. The molecular weight excluding hydrogens is 540 g/mol. The Morgan fingerprint density at radius 1 is 1.02 bits per heavy atom. The Hall–Kier alpha value is -1.19. The molecule has 15 atom stereocenters. The second-order valence-corrected chi connectivity index (χ2v) is 13.8. The minimum atomic E-state index is -1.67. The first-order valence-corrected chi connectivity index (χ1v) is 14.9. The van der Waals surface area contributed by atoms with Crippen LogP contribution >= 0.6 is 0 Å². The lowest BCUT2D eigenvalue weighted by Gasteiger charge is -2.68. The average molecular weight is 585 g/mol. The predicted octanol–water partition coefficient (Wildman–Crippen LogP) is -1.51. The minimum Gasteiger partial charge on any atom is -0.458 e. The molecule has 0 aromatic heterocycles. The number of hydrogen-bond donors (Lipinski definition) is 8. The number of aliphatic hydroxyl groups is 8. The van der Waals surface area contributed by atoms with Gasteiger partial charge in [0.2, 0.25) is 0 Å². The molecule has 41 heavy (non-hydrogen) atoms. The molecule has 0 bridgehead atoms. The van der Waals surface area contributed by atoms with Crippen LogP contribution in [-0.2, 0) is 19.0 Å². The van der Waals surface area contributed by atoms with Gasteiger partial charge in [0.05, 0.1) is 47.6 Å². The van der Waals surface area contributed by atoms with Crippen molar-refractivity contribution < 1.29 is 59.9 Å². The maximum Gasteiger partial charge on any atom is 0.331 e. The van der Waals surface area contributed by atoms with Crippen LogP contribution in [0.1, 0.15) is 58.8 Å². The SMILES string of the molecule is C[C@@H]1O[C@H](O[C@H]2C[C@@H](O)[C@]3(CO)[C@H]4[C@H](O)C[C@]5(C)[C@@H](C6=CC(=O)OC6)CC[C@]5(O)[C@@H]4CC[C@]3(O)C2)[C@H](O)[C@H](O)[C@H]1O. The van der Waals surface area contributed by atoms with Crippen LogP contribution in [-0.4, -0.2) is 120 Å². The van der Waals surface area contributed by atoms with Gasteiger partial charge >= 0.3 is 5.97 Å². The molecule has 0 amide bonds. The van der Waals surface area contributed by atoms with Gasteiger partial charge in [0.25, 0.3) is 0 Å². The van der Waals surface area contributed by atoms with Crippen molar-refractivity contribution in [2.45, 2.75) is 119 Å². The summed E-state index contributed by atoms with van der Waals surface area (Å²) in [6.45, 7) is 3.00. The number of aliphatic hydroxyl groups excluding tert-OH is 6. The lowest BCUT2D eigenvalue weighted by atomic mass is 9.40. The number of fused-ring (bicyclic) bond motifs is 5. The van der Waals surface area contributed by atoms with Crippen molar-refractivity contribution in [1.29, 1.82) is 0 Å². The van der Waals surface area contributed by atoms with Crippen LogP contribution in [0.3, 0.4) is 0 Å². The molecule has 8 N–H and O–H groups in total. The number of hydrogen-bond acceptors (Lipinski definition) is 12. The standard InChI is InChI=1S/C29H44O12/c1-13-22(34)23(35)24(36)25(40-13)41-15-8-19(32)28(12-30)21-17(3-5-27(28,37)9-15)29(38)6-4-16(14-7-20(33)39-11-14)26(29,2)10-18(21)31/h7,13,15-19,21-25,30-32,34-38H,3-6,8-12H2,1-2H3/t13-,15-,16+,17+,18+,19+,21+,22-,23+,24+,25+,26+,27-,28+,29-/m0/s1. The van der Waals surface area contributed by atoms with Crippen LogP contribution in [0.5, 0.6) is 0 Å². The summed E-state index contributed by atoms with van der Waals surface area (Å²) in [4.78, 5) is 11.8. The Morgan fingerprint density at radius 2 is 1.76 bits per heavy atom. The number of cyclic esters (lactones) is 1. The molecule has 0 radical (unpaired) electrons. The molecule has 2 heterocycles. The summed E-state index contributed by atoms with van der Waals surface area (Å²) in [5, 5.41) is 89.6. The van der Waals surface area contributed by atoms with Gasteiger partial charge in [0.15, 0.2) is 6.29 Å². The predicted molar refractivity (Wildman–Crippen MR) is 139 cm³/mol. The fourth-order valence-corrected chi connectivity index (χ4v) is 10.1. The summed E-state index contributed by atoms with van der Waals surface area (Å²) in [5.41, 5.74) is -4.46. The molecule has 6 rings (SSSR count). The van der Waals surface area contributed by atoms with E-state index >= 15 is 0 Å². The van der Waals surface area contributed by atoms with Gasteiger partial charge in [-0.15, -0.1) is 0 Å². The van der Waals surface area contributed by atoms with Crippen molar-refractivity contribution in [3.63, 3.8) is 0 Å². The highest BCUT2D eigenvalue weighted by atomic mass is 16.7. The summed E-state index contributed by atoms with van der Waals surface area (Å²) in [7, 11) is 0. The van der Waals surface area contributed by atoms with Gasteiger partial charge in [-0.1, -0.05) is 6.92 Å². The molecule has 0 spiro atoms. The zero-order valence-corrected chi connectivity index (χ0v) is 23.5. The van der Waals surface area contributed by atoms with Gasteiger partial charge < -0.3 is 55.1 Å². The normalized spacial score (nSPS) is 56.9. The quantitative estimate of drug-likeness (QED) is 0.140. The van der Waals surface area contributed by atoms with Crippen molar-refractivity contribution in [1.82, 2.24) is 0 Å². The van der Waals surface area contributed by atoms with E-state index in [4.69, 9.17) is 14.2 Å². The lowest BCUT2D eigenvalue weighted by Crippen LogP contribution is -2.76. The number of rotatable bonds is 4. The Bertz CT molecular complexity index is 1080. The molecule has 0 unspecified atom stereocenters. The van der Waals surface area contributed by atoms with Gasteiger partial charge in [0, 0.05) is 30.3 Å². The van der Waals surface area contributed by atoms with Crippen LogP contribution in [0.4, 0.5) is 0 Å². The van der Waals surface area contributed by atoms with Gasteiger partial charge in [-0.25, -0.2) is 4.79 Å². The molecule has 1 saturated heterocycles. The first-order chi connectivity index (χ1) is 19.2. The molecule has 6 aliphatic rings. The molecule has 0 aromatic carbocycles. The number of ether oxygens (including phenoxy) is 3. The second kappa shape index (κ2) is 9.91. The third kappa shape index (κ3) is 3.99. The zero-order valence-electron chi connectivity index (χ0n) is 23.5. The van der Waals surface area contributed by atoms with E-state index < -0.39 is 95.5 Å². The van der Waals surface area contributed by atoms with Crippen LogP contribution in [0.2, 0.25) is 0 Å². The molecule has 4 aliphatic carbocycles. The van der Waals surface area contributed by atoms with Crippen molar-refractivity contribution in [2.24, 2.45) is 28.6 Å². The second-order valence-electron chi connectivity index (χ2n) is 13.8. The van der Waals surface area contributed by atoms with Crippen LogP contribution in [0.15, 0.2) is 11.6 Å². The van der Waals surface area contributed by atoms with Crippen molar-refractivity contribution >= 4 is 5.97 Å². The maximum absolute atomic E-state index is 12.4. The van der Waals surface area contributed by atoms with E-state index in [1.807, 2.05) is 6.92 Å². The first-order valence-electron chi connectivity index (χ1n) is 14.9. The van der Waals surface area contributed by atoms with Gasteiger partial charge in [-0.05, 0) is 56.4 Å². The van der Waals surface area contributed by atoms with E-state index in [9.17, 15) is 45.6 Å². The number of carbonyl (C=O) groups excluding carboxylic acids is 1. The minimum absolute atomic E-state index is 0.0369. The van der Waals surface area contributed by atoms with E-state index in [2.05, 4.69) is 0 Å². The van der Waals surface area contributed by atoms with E-state index in [1.165, 1.54) is 13.0 Å². The summed E-state index contributed by atoms with van der Waals surface area (Å²) in [6.07, 6.45) is -6.68. The molecule has 12 heteroatoms. The zero-order chi connectivity index (χ0) is 29.7. The molecular formula is C29H44O12. The maximum atomic E-state index is 12.4. The topological polar surface area (TPSA) is 207 Å². The van der Waals surface area contributed by atoms with Crippen molar-refractivity contribution in [3.05, 3.63) is 11.6 Å². The summed E-state index contributed by atoms with van der Waals surface area (Å²) >= 11 is 0. The smallest absolute Gasteiger partial charge is 0.331 e. The fraction of sp³-hybridized carbons (Fsp3) is 0.897. The van der Waals surface area contributed by atoms with Gasteiger partial charge in [0.1, 0.15) is 24.9 Å². The number of carbonyl (C=O) groups is 1.